The number of rotatable bonds is 2. The van der Waals surface area contributed by atoms with Gasteiger partial charge in [-0.15, -0.1) is 11.3 Å². The predicted octanol–water partition coefficient (Wildman–Crippen LogP) is 5.83. The zero-order valence-electron chi connectivity index (χ0n) is 14.1. The van der Waals surface area contributed by atoms with Gasteiger partial charge in [0.25, 0.3) is 0 Å². The highest BCUT2D eigenvalue weighted by Crippen LogP contribution is 2.41. The van der Waals surface area contributed by atoms with E-state index >= 15 is 0 Å². The van der Waals surface area contributed by atoms with Gasteiger partial charge in [0, 0.05) is 4.88 Å². The Kier molecular flexibility index (Phi) is 3.97. The summed E-state index contributed by atoms with van der Waals surface area (Å²) in [5.74, 6) is 1.63. The third-order valence-corrected chi connectivity index (χ3v) is 6.23. The van der Waals surface area contributed by atoms with Gasteiger partial charge in [-0.1, -0.05) is 24.6 Å². The summed E-state index contributed by atoms with van der Waals surface area (Å²) in [5, 5.41) is 5.40. The highest BCUT2D eigenvalue weighted by molar-refractivity contribution is 7.19. The number of fused-ring (bicyclic) bond motifs is 3. The second-order valence-corrected chi connectivity index (χ2v) is 8.31. The van der Waals surface area contributed by atoms with Gasteiger partial charge in [-0.25, -0.2) is 9.97 Å². The molecule has 0 amide bonds. The zero-order valence-corrected chi connectivity index (χ0v) is 15.7. The molecule has 0 saturated carbocycles. The summed E-state index contributed by atoms with van der Waals surface area (Å²) in [7, 11) is 0. The van der Waals surface area contributed by atoms with Gasteiger partial charge in [-0.2, -0.15) is 0 Å². The highest BCUT2D eigenvalue weighted by Gasteiger charge is 2.23. The monoisotopic (exact) mass is 357 g/mol. The number of anilines is 2. The minimum absolute atomic E-state index is 0.733. The standard InChI is InChI=1S/C19H20ClN3S/c1-10-4-5-13-15(8-10)24-19-16(13)18(21-9-22-19)23-17-12(3)6-11(2)7-14(17)20/h6-7,9-10H,4-5,8H2,1-3H3,(H,21,22,23). The van der Waals surface area contributed by atoms with Gasteiger partial charge in [0.1, 0.15) is 17.0 Å². The molecular weight excluding hydrogens is 338 g/mol. The molecule has 1 atom stereocenters. The minimum atomic E-state index is 0.733. The van der Waals surface area contributed by atoms with Crippen molar-refractivity contribution in [3.8, 4) is 0 Å². The van der Waals surface area contributed by atoms with Crippen LogP contribution in [0, 0.1) is 19.8 Å². The first kappa shape index (κ1) is 15.9. The van der Waals surface area contributed by atoms with E-state index in [0.29, 0.717) is 0 Å². The summed E-state index contributed by atoms with van der Waals surface area (Å²) in [6.07, 6.45) is 5.14. The molecular formula is C19H20ClN3S. The third kappa shape index (κ3) is 2.68. The van der Waals surface area contributed by atoms with Crippen molar-refractivity contribution >= 4 is 44.7 Å². The van der Waals surface area contributed by atoms with Gasteiger partial charge >= 0.3 is 0 Å². The molecule has 3 aromatic rings. The van der Waals surface area contributed by atoms with Crippen molar-refractivity contribution in [1.29, 1.82) is 0 Å². The molecule has 24 heavy (non-hydrogen) atoms. The second-order valence-electron chi connectivity index (χ2n) is 6.82. The first-order valence-corrected chi connectivity index (χ1v) is 9.51. The largest absolute Gasteiger partial charge is 0.338 e. The van der Waals surface area contributed by atoms with Crippen LogP contribution in [0.4, 0.5) is 11.5 Å². The van der Waals surface area contributed by atoms with Crippen LogP contribution in [0.5, 0.6) is 0 Å². The molecule has 2 heterocycles. The Morgan fingerprint density at radius 1 is 1.25 bits per heavy atom. The van der Waals surface area contributed by atoms with E-state index in [2.05, 4.69) is 42.1 Å². The van der Waals surface area contributed by atoms with Crippen LogP contribution in [-0.4, -0.2) is 9.97 Å². The molecule has 4 rings (SSSR count). The number of thiophene rings is 1. The molecule has 1 unspecified atom stereocenters. The van der Waals surface area contributed by atoms with Gasteiger partial charge in [0.15, 0.2) is 0 Å². The van der Waals surface area contributed by atoms with Crippen LogP contribution in [0.15, 0.2) is 18.5 Å². The minimum Gasteiger partial charge on any atom is -0.338 e. The van der Waals surface area contributed by atoms with E-state index in [1.165, 1.54) is 22.2 Å². The number of hydrogen-bond donors (Lipinski definition) is 1. The average molecular weight is 358 g/mol. The quantitative estimate of drug-likeness (QED) is 0.627. The van der Waals surface area contributed by atoms with Crippen LogP contribution in [0.1, 0.15) is 34.9 Å². The van der Waals surface area contributed by atoms with Crippen LogP contribution in [0.2, 0.25) is 5.02 Å². The van der Waals surface area contributed by atoms with Gasteiger partial charge in [-0.3, -0.25) is 0 Å². The van der Waals surface area contributed by atoms with E-state index in [4.69, 9.17) is 11.6 Å². The average Bonchev–Trinajstić information content (AvgIpc) is 2.88. The van der Waals surface area contributed by atoms with Crippen LogP contribution in [0.25, 0.3) is 10.2 Å². The van der Waals surface area contributed by atoms with E-state index in [0.717, 1.165) is 51.2 Å². The zero-order chi connectivity index (χ0) is 16.8. The van der Waals surface area contributed by atoms with E-state index in [1.54, 1.807) is 6.33 Å². The lowest BCUT2D eigenvalue weighted by atomic mass is 9.89. The van der Waals surface area contributed by atoms with Crippen LogP contribution < -0.4 is 5.32 Å². The molecule has 0 radical (unpaired) electrons. The fourth-order valence-electron chi connectivity index (χ4n) is 3.56. The van der Waals surface area contributed by atoms with Crippen molar-refractivity contribution in [1.82, 2.24) is 9.97 Å². The summed E-state index contributed by atoms with van der Waals surface area (Å²) in [4.78, 5) is 11.6. The normalized spacial score (nSPS) is 17.1. The van der Waals surface area contributed by atoms with Crippen LogP contribution in [-0.2, 0) is 12.8 Å². The lowest BCUT2D eigenvalue weighted by molar-refractivity contribution is 0.509. The SMILES string of the molecule is Cc1cc(C)c(Nc2ncnc3sc4c(c23)CCC(C)C4)c(Cl)c1. The van der Waals surface area contributed by atoms with Crippen LogP contribution in [0.3, 0.4) is 0 Å². The molecule has 2 aromatic heterocycles. The number of aryl methyl sites for hydroxylation is 3. The number of benzene rings is 1. The molecule has 0 saturated heterocycles. The van der Waals surface area contributed by atoms with Gasteiger partial charge in [0.2, 0.25) is 0 Å². The Labute approximate surface area is 151 Å². The van der Waals surface area contributed by atoms with Crippen molar-refractivity contribution in [2.45, 2.75) is 40.0 Å². The Balaban J connectivity index is 1.83. The molecule has 1 aromatic carbocycles. The number of nitrogens with one attached hydrogen (secondary N) is 1. The van der Waals surface area contributed by atoms with E-state index in [-0.39, 0.29) is 0 Å². The van der Waals surface area contributed by atoms with E-state index in [1.807, 2.05) is 17.4 Å². The number of aromatic nitrogens is 2. The summed E-state index contributed by atoms with van der Waals surface area (Å²) >= 11 is 8.28. The maximum absolute atomic E-state index is 6.47. The molecule has 3 nitrogen and oxygen atoms in total. The molecule has 0 fully saturated rings. The van der Waals surface area contributed by atoms with Gasteiger partial charge < -0.3 is 5.32 Å². The first-order chi connectivity index (χ1) is 11.5. The highest BCUT2D eigenvalue weighted by atomic mass is 35.5. The predicted molar refractivity (Wildman–Crippen MR) is 103 cm³/mol. The maximum atomic E-state index is 6.47. The Morgan fingerprint density at radius 3 is 2.88 bits per heavy atom. The lowest BCUT2D eigenvalue weighted by Gasteiger charge is -2.18. The fourth-order valence-corrected chi connectivity index (χ4v) is 5.28. The van der Waals surface area contributed by atoms with Crippen molar-refractivity contribution in [3.63, 3.8) is 0 Å². The molecule has 0 bridgehead atoms. The summed E-state index contributed by atoms with van der Waals surface area (Å²) < 4.78 is 0. The molecule has 124 valence electrons. The van der Waals surface area contributed by atoms with Gasteiger partial charge in [0.05, 0.1) is 16.1 Å². The Bertz CT molecular complexity index is 909. The van der Waals surface area contributed by atoms with Crippen molar-refractivity contribution in [3.05, 3.63) is 45.1 Å². The molecule has 1 aliphatic carbocycles. The molecule has 1 N–H and O–H groups in total. The van der Waals surface area contributed by atoms with Gasteiger partial charge in [-0.05, 0) is 61.8 Å². The summed E-state index contributed by atoms with van der Waals surface area (Å²) in [5.41, 5.74) is 4.66. The second kappa shape index (κ2) is 6.01. The van der Waals surface area contributed by atoms with Crippen molar-refractivity contribution in [2.75, 3.05) is 5.32 Å². The summed E-state index contributed by atoms with van der Waals surface area (Å²) in [6.45, 7) is 6.46. The number of nitrogens with zero attached hydrogens (tertiary/aromatic N) is 2. The summed E-state index contributed by atoms with van der Waals surface area (Å²) in [6, 6.07) is 4.12. The maximum Gasteiger partial charge on any atom is 0.142 e. The Morgan fingerprint density at radius 2 is 2.08 bits per heavy atom. The number of halogens is 1. The van der Waals surface area contributed by atoms with E-state index < -0.39 is 0 Å². The molecule has 5 heteroatoms. The van der Waals surface area contributed by atoms with Crippen molar-refractivity contribution in [2.24, 2.45) is 5.92 Å². The Hall–Kier alpha value is -1.65. The number of hydrogen-bond acceptors (Lipinski definition) is 4. The smallest absolute Gasteiger partial charge is 0.142 e. The lowest BCUT2D eigenvalue weighted by Crippen LogP contribution is -2.09. The molecule has 1 aliphatic rings. The molecule has 0 spiro atoms. The topological polar surface area (TPSA) is 37.8 Å². The van der Waals surface area contributed by atoms with E-state index in [9.17, 15) is 0 Å². The van der Waals surface area contributed by atoms with Crippen LogP contribution >= 0.6 is 22.9 Å². The van der Waals surface area contributed by atoms with Crippen molar-refractivity contribution < 1.29 is 0 Å². The fraction of sp³-hybridized carbons (Fsp3) is 0.368. The first-order valence-electron chi connectivity index (χ1n) is 8.32. The molecule has 0 aliphatic heterocycles. The third-order valence-electron chi connectivity index (χ3n) is 4.77.